The zero-order valence-electron chi connectivity index (χ0n) is 8.84. The summed E-state index contributed by atoms with van der Waals surface area (Å²) >= 11 is 3.40. The second-order valence-electron chi connectivity index (χ2n) is 4.16. The van der Waals surface area contributed by atoms with Crippen LogP contribution in [-0.4, -0.2) is 13.1 Å². The first-order chi connectivity index (χ1) is 7.20. The molecular weight excluding hydrogens is 257 g/mol. The van der Waals surface area contributed by atoms with Gasteiger partial charge in [0.25, 0.3) is 0 Å². The Balaban J connectivity index is 2.01. The Labute approximate surface area is 98.4 Å². The van der Waals surface area contributed by atoms with Crippen molar-refractivity contribution in [1.82, 2.24) is 0 Å². The summed E-state index contributed by atoms with van der Waals surface area (Å²) in [6.45, 7) is 4.44. The lowest BCUT2D eigenvalue weighted by Crippen LogP contribution is -2.46. The molecular formula is C12H15BrFN. The summed E-state index contributed by atoms with van der Waals surface area (Å²) in [7, 11) is 0. The Kier molecular flexibility index (Phi) is 3.29. The smallest absolute Gasteiger partial charge is 0.124 e. The summed E-state index contributed by atoms with van der Waals surface area (Å²) < 4.78 is 13.7. The molecule has 0 saturated carbocycles. The average Bonchev–Trinajstić information content (AvgIpc) is 2.12. The van der Waals surface area contributed by atoms with Crippen LogP contribution in [-0.2, 0) is 0 Å². The molecule has 0 aliphatic carbocycles. The zero-order chi connectivity index (χ0) is 10.8. The number of nitrogens with zero attached hydrogens (tertiary/aromatic N) is 1. The first-order valence-corrected chi connectivity index (χ1v) is 6.20. The summed E-state index contributed by atoms with van der Waals surface area (Å²) in [6.07, 6.45) is 2.55. The third kappa shape index (κ3) is 2.33. The summed E-state index contributed by atoms with van der Waals surface area (Å²) in [6, 6.07) is 4.90. The second-order valence-corrected chi connectivity index (χ2v) is 5.01. The second kappa shape index (κ2) is 4.52. The Hall–Kier alpha value is -0.570. The van der Waals surface area contributed by atoms with E-state index in [1.54, 1.807) is 0 Å². The van der Waals surface area contributed by atoms with Crippen LogP contribution in [0.15, 0.2) is 22.7 Å². The molecule has 0 atom stereocenters. The fourth-order valence-electron chi connectivity index (χ4n) is 2.10. The molecule has 3 heteroatoms. The van der Waals surface area contributed by atoms with E-state index in [9.17, 15) is 4.39 Å². The van der Waals surface area contributed by atoms with E-state index in [1.807, 2.05) is 6.07 Å². The molecule has 0 unspecified atom stereocenters. The van der Waals surface area contributed by atoms with Crippen molar-refractivity contribution in [2.75, 3.05) is 18.0 Å². The van der Waals surface area contributed by atoms with E-state index in [1.165, 1.54) is 25.0 Å². The van der Waals surface area contributed by atoms with E-state index in [-0.39, 0.29) is 5.82 Å². The minimum Gasteiger partial charge on any atom is -0.370 e. The lowest BCUT2D eigenvalue weighted by molar-refractivity contribution is 0.380. The van der Waals surface area contributed by atoms with Crippen LogP contribution in [0.4, 0.5) is 10.1 Å². The van der Waals surface area contributed by atoms with Gasteiger partial charge in [-0.15, -0.1) is 0 Å². The number of hydrogen-bond donors (Lipinski definition) is 0. The van der Waals surface area contributed by atoms with Gasteiger partial charge in [-0.2, -0.15) is 0 Å². The lowest BCUT2D eigenvalue weighted by Gasteiger charge is -2.41. The molecule has 0 spiro atoms. The first-order valence-electron chi connectivity index (χ1n) is 5.40. The highest BCUT2D eigenvalue weighted by molar-refractivity contribution is 9.10. The molecule has 1 saturated heterocycles. The van der Waals surface area contributed by atoms with Crippen LogP contribution in [0.25, 0.3) is 0 Å². The Morgan fingerprint density at radius 1 is 1.47 bits per heavy atom. The van der Waals surface area contributed by atoms with E-state index in [0.29, 0.717) is 0 Å². The van der Waals surface area contributed by atoms with Gasteiger partial charge in [-0.1, -0.05) is 13.3 Å². The molecule has 0 bridgehead atoms. The highest BCUT2D eigenvalue weighted by Crippen LogP contribution is 2.33. The van der Waals surface area contributed by atoms with Crippen LogP contribution in [0.2, 0.25) is 0 Å². The van der Waals surface area contributed by atoms with E-state index in [4.69, 9.17) is 0 Å². The van der Waals surface area contributed by atoms with Gasteiger partial charge in [-0.05, 0) is 46.5 Å². The SMILES string of the molecule is CCCC1CN(c2ccc(F)cc2Br)C1. The van der Waals surface area contributed by atoms with E-state index in [0.717, 1.165) is 29.2 Å². The molecule has 1 aliphatic heterocycles. The van der Waals surface area contributed by atoms with Crippen molar-refractivity contribution < 1.29 is 4.39 Å². The van der Waals surface area contributed by atoms with Gasteiger partial charge in [0, 0.05) is 17.6 Å². The van der Waals surface area contributed by atoms with Gasteiger partial charge < -0.3 is 4.90 Å². The van der Waals surface area contributed by atoms with Gasteiger partial charge in [0.1, 0.15) is 5.82 Å². The van der Waals surface area contributed by atoms with Crippen molar-refractivity contribution in [2.45, 2.75) is 19.8 Å². The molecule has 1 aliphatic rings. The molecule has 1 aromatic carbocycles. The Morgan fingerprint density at radius 3 is 2.80 bits per heavy atom. The van der Waals surface area contributed by atoms with Gasteiger partial charge in [-0.3, -0.25) is 0 Å². The molecule has 0 N–H and O–H groups in total. The molecule has 0 amide bonds. The molecule has 82 valence electrons. The summed E-state index contributed by atoms with van der Waals surface area (Å²) in [5, 5.41) is 0. The third-order valence-corrected chi connectivity index (χ3v) is 3.54. The summed E-state index contributed by atoms with van der Waals surface area (Å²) in [5.74, 6) is 0.642. The number of anilines is 1. The quantitative estimate of drug-likeness (QED) is 0.808. The standard InChI is InChI=1S/C12H15BrFN/c1-2-3-9-7-15(8-9)12-5-4-10(14)6-11(12)13/h4-6,9H,2-3,7-8H2,1H3. The minimum atomic E-state index is -0.184. The van der Waals surface area contributed by atoms with Gasteiger partial charge >= 0.3 is 0 Å². The van der Waals surface area contributed by atoms with Crippen molar-refractivity contribution in [1.29, 1.82) is 0 Å². The van der Waals surface area contributed by atoms with Crippen molar-refractivity contribution >= 4 is 21.6 Å². The first kappa shape index (κ1) is 10.9. The number of rotatable bonds is 3. The third-order valence-electron chi connectivity index (χ3n) is 2.90. The molecule has 15 heavy (non-hydrogen) atoms. The van der Waals surface area contributed by atoms with Crippen molar-refractivity contribution in [3.8, 4) is 0 Å². The van der Waals surface area contributed by atoms with Gasteiger partial charge in [0.15, 0.2) is 0 Å². The Bertz CT molecular complexity index is 347. The van der Waals surface area contributed by atoms with Crippen molar-refractivity contribution in [2.24, 2.45) is 5.92 Å². The van der Waals surface area contributed by atoms with Crippen LogP contribution in [0.1, 0.15) is 19.8 Å². The monoisotopic (exact) mass is 271 g/mol. The van der Waals surface area contributed by atoms with Crippen LogP contribution < -0.4 is 4.90 Å². The topological polar surface area (TPSA) is 3.24 Å². The van der Waals surface area contributed by atoms with E-state index >= 15 is 0 Å². The highest BCUT2D eigenvalue weighted by Gasteiger charge is 2.26. The van der Waals surface area contributed by atoms with Crippen LogP contribution >= 0.6 is 15.9 Å². The summed E-state index contributed by atoms with van der Waals surface area (Å²) in [5.41, 5.74) is 1.11. The predicted molar refractivity (Wildman–Crippen MR) is 64.7 cm³/mol. The minimum absolute atomic E-state index is 0.184. The van der Waals surface area contributed by atoms with Crippen LogP contribution in [0, 0.1) is 11.7 Å². The van der Waals surface area contributed by atoms with Gasteiger partial charge in [0.2, 0.25) is 0 Å². The van der Waals surface area contributed by atoms with Crippen LogP contribution in [0.5, 0.6) is 0 Å². The number of benzene rings is 1. The zero-order valence-corrected chi connectivity index (χ0v) is 10.4. The molecule has 1 nitrogen and oxygen atoms in total. The maximum atomic E-state index is 12.9. The molecule has 0 radical (unpaired) electrons. The fourth-order valence-corrected chi connectivity index (χ4v) is 2.70. The fraction of sp³-hybridized carbons (Fsp3) is 0.500. The number of hydrogen-bond acceptors (Lipinski definition) is 1. The largest absolute Gasteiger partial charge is 0.370 e. The number of halogens is 2. The normalized spacial score (nSPS) is 16.6. The molecule has 1 aromatic rings. The predicted octanol–water partition coefficient (Wildman–Crippen LogP) is 3.82. The van der Waals surface area contributed by atoms with Gasteiger partial charge in [0.05, 0.1) is 5.69 Å². The molecule has 1 fully saturated rings. The molecule has 1 heterocycles. The van der Waals surface area contributed by atoms with Crippen molar-refractivity contribution in [3.05, 3.63) is 28.5 Å². The maximum Gasteiger partial charge on any atom is 0.124 e. The molecule has 2 rings (SSSR count). The van der Waals surface area contributed by atoms with Gasteiger partial charge in [-0.25, -0.2) is 4.39 Å². The lowest BCUT2D eigenvalue weighted by atomic mass is 9.94. The molecule has 0 aromatic heterocycles. The van der Waals surface area contributed by atoms with E-state index < -0.39 is 0 Å². The maximum absolute atomic E-state index is 12.9. The highest BCUT2D eigenvalue weighted by atomic mass is 79.9. The van der Waals surface area contributed by atoms with Crippen LogP contribution in [0.3, 0.4) is 0 Å². The summed E-state index contributed by atoms with van der Waals surface area (Å²) in [4.78, 5) is 2.30. The van der Waals surface area contributed by atoms with Crippen molar-refractivity contribution in [3.63, 3.8) is 0 Å². The average molecular weight is 272 g/mol. The Morgan fingerprint density at radius 2 is 2.20 bits per heavy atom. The van der Waals surface area contributed by atoms with E-state index in [2.05, 4.69) is 27.8 Å².